The van der Waals surface area contributed by atoms with Crippen LogP contribution in [0.5, 0.6) is 0 Å². The first-order chi connectivity index (χ1) is 10.7. The number of carbonyl (C=O) groups excluding carboxylic acids is 2. The molecule has 4 nitrogen and oxygen atoms in total. The molecule has 7 heteroatoms. The molecule has 1 amide bonds. The molecule has 23 heavy (non-hydrogen) atoms. The quantitative estimate of drug-likeness (QED) is 0.596. The second-order valence-corrected chi connectivity index (χ2v) is 6.69. The average molecular weight is 345 g/mol. The van der Waals surface area contributed by atoms with E-state index in [2.05, 4.69) is 5.32 Å². The summed E-state index contributed by atoms with van der Waals surface area (Å²) in [6, 6.07) is 1.90. The average Bonchev–Trinajstić information content (AvgIpc) is 2.43. The van der Waals surface area contributed by atoms with Crippen molar-refractivity contribution >= 4 is 29.3 Å². The first kappa shape index (κ1) is 19.4. The highest BCUT2D eigenvalue weighted by Crippen LogP contribution is 2.31. The third-order valence-electron chi connectivity index (χ3n) is 2.76. The summed E-state index contributed by atoms with van der Waals surface area (Å²) in [6.45, 7) is 6.83. The molecule has 0 aliphatic rings. The zero-order valence-corrected chi connectivity index (χ0v) is 14.4. The Morgan fingerprint density at radius 1 is 1.22 bits per heavy atom. The number of thioether (sulfide) groups is 1. The molecule has 0 aliphatic carbocycles. The van der Waals surface area contributed by atoms with E-state index in [-0.39, 0.29) is 29.0 Å². The van der Waals surface area contributed by atoms with E-state index in [1.807, 2.05) is 6.92 Å². The van der Waals surface area contributed by atoms with Crippen molar-refractivity contribution in [3.05, 3.63) is 23.8 Å². The minimum atomic E-state index is -0.853. The van der Waals surface area contributed by atoms with Crippen molar-refractivity contribution in [3.63, 3.8) is 0 Å². The Balaban J connectivity index is 2.90. The highest BCUT2D eigenvalue weighted by atomic mass is 32.2. The maximum Gasteiger partial charge on any atom is 0.319 e. The van der Waals surface area contributed by atoms with Crippen LogP contribution >= 0.6 is 11.8 Å². The summed E-state index contributed by atoms with van der Waals surface area (Å²) in [5.74, 6) is -2.47. The van der Waals surface area contributed by atoms with Gasteiger partial charge >= 0.3 is 5.97 Å². The van der Waals surface area contributed by atoms with Gasteiger partial charge < -0.3 is 10.1 Å². The molecule has 1 rings (SSSR count). The minimum Gasteiger partial charge on any atom is -0.462 e. The van der Waals surface area contributed by atoms with Crippen molar-refractivity contribution in [1.29, 1.82) is 0 Å². The lowest BCUT2D eigenvalue weighted by Gasteiger charge is -2.15. The number of carbonyl (C=O) groups is 2. The van der Waals surface area contributed by atoms with Gasteiger partial charge in [-0.1, -0.05) is 6.92 Å². The van der Waals surface area contributed by atoms with Gasteiger partial charge in [0.1, 0.15) is 16.9 Å². The number of benzene rings is 1. The molecule has 0 aliphatic heterocycles. The number of ether oxygens (including phenoxy) is 1. The second-order valence-electron chi connectivity index (χ2n) is 5.31. The lowest BCUT2D eigenvalue weighted by atomic mass is 10.2. The van der Waals surface area contributed by atoms with Gasteiger partial charge in [-0.15, -0.1) is 11.8 Å². The van der Waals surface area contributed by atoms with Gasteiger partial charge in [0, 0.05) is 17.4 Å². The monoisotopic (exact) mass is 345 g/mol. The number of amides is 1. The molecule has 0 radical (unpaired) electrons. The van der Waals surface area contributed by atoms with E-state index in [9.17, 15) is 18.4 Å². The Morgan fingerprint density at radius 3 is 2.43 bits per heavy atom. The second kappa shape index (κ2) is 8.86. The number of halogens is 2. The van der Waals surface area contributed by atoms with Gasteiger partial charge in [0.25, 0.3) is 0 Å². The number of hydrogen-bond donors (Lipinski definition) is 1. The molecule has 128 valence electrons. The molecular formula is C16H21F2NO3S. The molecule has 1 atom stereocenters. The van der Waals surface area contributed by atoms with Crippen molar-refractivity contribution in [2.45, 2.75) is 56.8 Å². The van der Waals surface area contributed by atoms with Crippen molar-refractivity contribution in [2.75, 3.05) is 5.32 Å². The van der Waals surface area contributed by atoms with Gasteiger partial charge in [-0.3, -0.25) is 9.59 Å². The summed E-state index contributed by atoms with van der Waals surface area (Å²) in [5.41, 5.74) is -0.100. The minimum absolute atomic E-state index is 0.0754. The zero-order valence-electron chi connectivity index (χ0n) is 13.6. The van der Waals surface area contributed by atoms with E-state index in [0.717, 1.165) is 11.8 Å². The van der Waals surface area contributed by atoms with E-state index < -0.39 is 22.9 Å². The van der Waals surface area contributed by atoms with Crippen molar-refractivity contribution in [2.24, 2.45) is 0 Å². The third kappa shape index (κ3) is 6.17. The van der Waals surface area contributed by atoms with Gasteiger partial charge in [-0.05, 0) is 33.3 Å². The van der Waals surface area contributed by atoms with Crippen LogP contribution in [-0.2, 0) is 14.3 Å². The number of esters is 1. The van der Waals surface area contributed by atoms with E-state index >= 15 is 0 Å². The highest BCUT2D eigenvalue weighted by Gasteiger charge is 2.20. The van der Waals surface area contributed by atoms with Crippen LogP contribution in [0.1, 0.15) is 40.5 Å². The number of anilines is 1. The van der Waals surface area contributed by atoms with Crippen LogP contribution in [0.4, 0.5) is 14.5 Å². The molecule has 1 aromatic carbocycles. The van der Waals surface area contributed by atoms with Crippen molar-refractivity contribution in [3.8, 4) is 0 Å². The van der Waals surface area contributed by atoms with E-state index in [1.165, 1.54) is 6.07 Å². The number of nitrogens with one attached hydrogen (secondary N) is 1. The van der Waals surface area contributed by atoms with Gasteiger partial charge in [-0.2, -0.15) is 0 Å². The predicted octanol–water partition coefficient (Wildman–Crippen LogP) is 4.14. The van der Waals surface area contributed by atoms with Gasteiger partial charge in [0.2, 0.25) is 5.91 Å². The van der Waals surface area contributed by atoms with Crippen LogP contribution in [0.15, 0.2) is 17.0 Å². The molecule has 0 bridgehead atoms. The Bertz CT molecular complexity index is 579. The fourth-order valence-electron chi connectivity index (χ4n) is 1.72. The van der Waals surface area contributed by atoms with Gasteiger partial charge in [0.15, 0.2) is 0 Å². The van der Waals surface area contributed by atoms with Crippen LogP contribution in [0.2, 0.25) is 0 Å². The standard InChI is InChI=1S/C16H21F2NO3S/c1-5-6-15(20)19-13-8-14(12(18)7-11(13)17)23-10(4)16(21)22-9(2)3/h7-10H,5-6H2,1-4H3,(H,19,20). The first-order valence-electron chi connectivity index (χ1n) is 7.40. The normalized spacial score (nSPS) is 12.1. The first-order valence-corrected chi connectivity index (χ1v) is 8.28. The Morgan fingerprint density at radius 2 is 1.87 bits per heavy atom. The molecule has 0 saturated carbocycles. The number of hydrogen-bond acceptors (Lipinski definition) is 4. The van der Waals surface area contributed by atoms with Crippen molar-refractivity contribution < 1.29 is 23.1 Å². The van der Waals surface area contributed by atoms with Crippen molar-refractivity contribution in [1.82, 2.24) is 0 Å². The summed E-state index contributed by atoms with van der Waals surface area (Å²) < 4.78 is 32.7. The molecule has 1 unspecified atom stereocenters. The van der Waals surface area contributed by atoms with Crippen LogP contribution in [0.25, 0.3) is 0 Å². The molecule has 0 spiro atoms. The number of rotatable bonds is 7. The molecule has 0 heterocycles. The maximum absolute atomic E-state index is 13.9. The fourth-order valence-corrected chi connectivity index (χ4v) is 2.61. The summed E-state index contributed by atoms with van der Waals surface area (Å²) in [7, 11) is 0. The third-order valence-corrected chi connectivity index (χ3v) is 3.87. The predicted molar refractivity (Wildman–Crippen MR) is 86.4 cm³/mol. The van der Waals surface area contributed by atoms with Crippen LogP contribution in [-0.4, -0.2) is 23.2 Å². The highest BCUT2D eigenvalue weighted by molar-refractivity contribution is 8.00. The SMILES string of the molecule is CCCC(=O)Nc1cc(SC(C)C(=O)OC(C)C)c(F)cc1F. The summed E-state index contributed by atoms with van der Waals surface area (Å²) in [5, 5.41) is 1.75. The maximum atomic E-state index is 13.9. The van der Waals surface area contributed by atoms with Gasteiger partial charge in [-0.25, -0.2) is 8.78 Å². The largest absolute Gasteiger partial charge is 0.462 e. The molecule has 1 aromatic rings. The van der Waals surface area contributed by atoms with Crippen LogP contribution in [0.3, 0.4) is 0 Å². The molecule has 0 fully saturated rings. The molecule has 1 N–H and O–H groups in total. The summed E-state index contributed by atoms with van der Waals surface area (Å²) in [4.78, 5) is 23.4. The Hall–Kier alpha value is -1.63. The topological polar surface area (TPSA) is 55.4 Å². The smallest absolute Gasteiger partial charge is 0.319 e. The molecule has 0 saturated heterocycles. The van der Waals surface area contributed by atoms with E-state index in [0.29, 0.717) is 12.5 Å². The van der Waals surface area contributed by atoms with E-state index in [1.54, 1.807) is 20.8 Å². The zero-order chi connectivity index (χ0) is 17.6. The fraction of sp³-hybridized carbons (Fsp3) is 0.500. The molecular weight excluding hydrogens is 324 g/mol. The summed E-state index contributed by atoms with van der Waals surface area (Å²) >= 11 is 0.916. The van der Waals surface area contributed by atoms with Crippen LogP contribution < -0.4 is 5.32 Å². The Labute approximate surface area is 139 Å². The van der Waals surface area contributed by atoms with Crippen LogP contribution in [0, 0.1) is 11.6 Å². The summed E-state index contributed by atoms with van der Waals surface area (Å²) in [6.07, 6.45) is 0.595. The molecule has 0 aromatic heterocycles. The van der Waals surface area contributed by atoms with E-state index in [4.69, 9.17) is 4.74 Å². The lowest BCUT2D eigenvalue weighted by Crippen LogP contribution is -2.20. The van der Waals surface area contributed by atoms with Gasteiger partial charge in [0.05, 0.1) is 11.8 Å². The lowest BCUT2D eigenvalue weighted by molar-refractivity contribution is -0.146. The Kier molecular flexibility index (Phi) is 7.48.